The van der Waals surface area contributed by atoms with Gasteiger partial charge >= 0.3 is 5.91 Å². The molecule has 0 radical (unpaired) electrons. The van der Waals surface area contributed by atoms with E-state index in [1.165, 1.54) is 6.21 Å². The number of amides is 1. The minimum atomic E-state index is -0.417. The Balaban J connectivity index is 1.78. The van der Waals surface area contributed by atoms with Gasteiger partial charge in [-0.3, -0.25) is 4.79 Å². The number of hydrogen-bond donors (Lipinski definition) is 1. The Morgan fingerprint density at radius 1 is 1.22 bits per heavy atom. The Bertz CT molecular complexity index is 916. The molecule has 0 spiro atoms. The highest BCUT2D eigenvalue weighted by Crippen LogP contribution is 2.24. The van der Waals surface area contributed by atoms with Crippen LogP contribution in [0.25, 0.3) is 11.0 Å². The number of hydrogen-bond acceptors (Lipinski definition) is 3. The van der Waals surface area contributed by atoms with Gasteiger partial charge in [0.25, 0.3) is 0 Å². The van der Waals surface area contributed by atoms with E-state index in [9.17, 15) is 4.79 Å². The fourth-order valence-electron chi connectivity index (χ4n) is 2.21. The first-order chi connectivity index (χ1) is 11.1. The lowest BCUT2D eigenvalue weighted by Gasteiger charge is -1.99. The summed E-state index contributed by atoms with van der Waals surface area (Å²) in [5, 5.41) is 5.80. The number of halogens is 2. The second kappa shape index (κ2) is 6.44. The average molecular weight is 347 g/mol. The Kier molecular flexibility index (Phi) is 4.37. The summed E-state index contributed by atoms with van der Waals surface area (Å²) in [6, 6.07) is 12.5. The predicted molar refractivity (Wildman–Crippen MR) is 92.5 cm³/mol. The van der Waals surface area contributed by atoms with Gasteiger partial charge in [-0.1, -0.05) is 47.5 Å². The molecule has 1 N–H and O–H groups in total. The van der Waals surface area contributed by atoms with Gasteiger partial charge in [-0.2, -0.15) is 5.10 Å². The van der Waals surface area contributed by atoms with Crippen molar-refractivity contribution < 1.29 is 9.21 Å². The van der Waals surface area contributed by atoms with Gasteiger partial charge in [0.15, 0.2) is 5.76 Å². The van der Waals surface area contributed by atoms with Crippen LogP contribution in [0.4, 0.5) is 0 Å². The van der Waals surface area contributed by atoms with Crippen LogP contribution in [-0.2, 0) is 0 Å². The molecule has 0 saturated carbocycles. The summed E-state index contributed by atoms with van der Waals surface area (Å²) in [5.41, 5.74) is 4.53. The van der Waals surface area contributed by atoms with Crippen molar-refractivity contribution in [3.63, 3.8) is 0 Å². The summed E-state index contributed by atoms with van der Waals surface area (Å²) in [5.74, 6) is -0.175. The van der Waals surface area contributed by atoms with Gasteiger partial charge in [-0.05, 0) is 25.1 Å². The fraction of sp³-hybridized carbons (Fsp3) is 0.0588. The monoisotopic (exact) mass is 346 g/mol. The number of rotatable bonds is 3. The van der Waals surface area contributed by atoms with Crippen molar-refractivity contribution in [2.45, 2.75) is 6.92 Å². The maximum Gasteiger partial charge on any atom is 0.307 e. The number of carbonyl (C=O) groups is 1. The molecule has 0 aliphatic rings. The second-order valence-electron chi connectivity index (χ2n) is 4.92. The van der Waals surface area contributed by atoms with Crippen molar-refractivity contribution in [1.82, 2.24) is 5.43 Å². The minimum Gasteiger partial charge on any atom is -0.451 e. The Labute approximate surface area is 142 Å². The van der Waals surface area contributed by atoms with Crippen molar-refractivity contribution in [1.29, 1.82) is 0 Å². The number of fused-ring (bicyclic) bond motifs is 1. The van der Waals surface area contributed by atoms with E-state index in [4.69, 9.17) is 27.6 Å². The standard InChI is InChI=1S/C17H12Cl2N2O2/c1-10-13-4-2-3-5-15(13)23-16(10)17(22)21-20-9-11-6-7-12(18)8-14(11)19/h2-9H,1H3,(H,21,22)/b20-9-. The highest BCUT2D eigenvalue weighted by molar-refractivity contribution is 6.36. The van der Waals surface area contributed by atoms with Gasteiger partial charge in [0.05, 0.1) is 11.2 Å². The van der Waals surface area contributed by atoms with Crippen LogP contribution < -0.4 is 5.43 Å². The number of para-hydroxylation sites is 1. The van der Waals surface area contributed by atoms with Gasteiger partial charge in [0.1, 0.15) is 5.58 Å². The molecule has 0 saturated heterocycles. The molecule has 0 bridgehead atoms. The number of benzene rings is 2. The van der Waals surface area contributed by atoms with E-state index in [0.29, 0.717) is 21.2 Å². The summed E-state index contributed by atoms with van der Waals surface area (Å²) in [6.45, 7) is 1.83. The topological polar surface area (TPSA) is 54.6 Å². The lowest BCUT2D eigenvalue weighted by atomic mass is 10.1. The molecule has 2 aromatic carbocycles. The van der Waals surface area contributed by atoms with Crippen LogP contribution in [0.5, 0.6) is 0 Å². The zero-order chi connectivity index (χ0) is 16.4. The third kappa shape index (κ3) is 3.23. The molecule has 116 valence electrons. The predicted octanol–water partition coefficient (Wildman–Crippen LogP) is 4.81. The second-order valence-corrected chi connectivity index (χ2v) is 5.76. The van der Waals surface area contributed by atoms with Crippen LogP contribution >= 0.6 is 23.2 Å². The third-order valence-electron chi connectivity index (χ3n) is 3.38. The lowest BCUT2D eigenvalue weighted by molar-refractivity contribution is 0.0929. The van der Waals surface area contributed by atoms with Crippen LogP contribution in [0, 0.1) is 6.92 Å². The van der Waals surface area contributed by atoms with E-state index in [1.54, 1.807) is 18.2 Å². The fourth-order valence-corrected chi connectivity index (χ4v) is 2.67. The van der Waals surface area contributed by atoms with E-state index < -0.39 is 5.91 Å². The number of furan rings is 1. The van der Waals surface area contributed by atoms with E-state index in [2.05, 4.69) is 10.5 Å². The van der Waals surface area contributed by atoms with Gasteiger partial charge < -0.3 is 4.42 Å². The molecule has 23 heavy (non-hydrogen) atoms. The number of aryl methyl sites for hydroxylation is 1. The molecule has 0 aliphatic heterocycles. The van der Waals surface area contributed by atoms with E-state index >= 15 is 0 Å². The molecule has 6 heteroatoms. The number of hydrazone groups is 1. The zero-order valence-corrected chi connectivity index (χ0v) is 13.7. The molecular formula is C17H12Cl2N2O2. The maximum absolute atomic E-state index is 12.2. The molecule has 1 amide bonds. The molecule has 3 rings (SSSR count). The Hall–Kier alpha value is -2.30. The van der Waals surface area contributed by atoms with Crippen molar-refractivity contribution in [2.75, 3.05) is 0 Å². The van der Waals surface area contributed by atoms with Crippen LogP contribution in [-0.4, -0.2) is 12.1 Å². The molecule has 0 atom stereocenters. The van der Waals surface area contributed by atoms with E-state index in [1.807, 2.05) is 31.2 Å². The average Bonchev–Trinajstić information content (AvgIpc) is 2.87. The van der Waals surface area contributed by atoms with Gasteiger partial charge in [0.2, 0.25) is 0 Å². The summed E-state index contributed by atoms with van der Waals surface area (Å²) in [4.78, 5) is 12.2. The van der Waals surface area contributed by atoms with Crippen molar-refractivity contribution >= 4 is 46.3 Å². The summed E-state index contributed by atoms with van der Waals surface area (Å²) in [6.07, 6.45) is 1.45. The number of carbonyl (C=O) groups excluding carboxylic acids is 1. The quantitative estimate of drug-likeness (QED) is 0.546. The molecule has 3 aromatic rings. The first kappa shape index (κ1) is 15.6. The SMILES string of the molecule is Cc1c(C(=O)N/N=C\c2ccc(Cl)cc2Cl)oc2ccccc12. The highest BCUT2D eigenvalue weighted by Gasteiger charge is 2.16. The van der Waals surface area contributed by atoms with Crippen LogP contribution in [0.2, 0.25) is 10.0 Å². The normalized spacial score (nSPS) is 11.3. The van der Waals surface area contributed by atoms with Crippen LogP contribution in [0.15, 0.2) is 52.0 Å². The highest BCUT2D eigenvalue weighted by atomic mass is 35.5. The van der Waals surface area contributed by atoms with Crippen molar-refractivity contribution in [3.8, 4) is 0 Å². The van der Waals surface area contributed by atoms with E-state index in [0.717, 1.165) is 10.9 Å². The number of nitrogens with zero attached hydrogens (tertiary/aromatic N) is 1. The third-order valence-corrected chi connectivity index (χ3v) is 3.94. The molecule has 0 aliphatic carbocycles. The summed E-state index contributed by atoms with van der Waals surface area (Å²) >= 11 is 11.9. The van der Waals surface area contributed by atoms with Crippen LogP contribution in [0.3, 0.4) is 0 Å². The van der Waals surface area contributed by atoms with Gasteiger partial charge in [0, 0.05) is 21.5 Å². The first-order valence-electron chi connectivity index (χ1n) is 6.83. The number of nitrogens with one attached hydrogen (secondary N) is 1. The molecule has 0 unspecified atom stereocenters. The molecule has 1 aromatic heterocycles. The van der Waals surface area contributed by atoms with Gasteiger partial charge in [-0.25, -0.2) is 5.43 Å². The van der Waals surface area contributed by atoms with Crippen molar-refractivity contribution in [3.05, 3.63) is 69.4 Å². The molecule has 4 nitrogen and oxygen atoms in total. The van der Waals surface area contributed by atoms with Crippen molar-refractivity contribution in [2.24, 2.45) is 5.10 Å². The molecule has 0 fully saturated rings. The largest absolute Gasteiger partial charge is 0.451 e. The summed E-state index contributed by atoms with van der Waals surface area (Å²) in [7, 11) is 0. The Morgan fingerprint density at radius 2 is 2.00 bits per heavy atom. The zero-order valence-electron chi connectivity index (χ0n) is 12.1. The first-order valence-corrected chi connectivity index (χ1v) is 7.58. The Morgan fingerprint density at radius 3 is 2.74 bits per heavy atom. The smallest absolute Gasteiger partial charge is 0.307 e. The molecule has 1 heterocycles. The molecular weight excluding hydrogens is 335 g/mol. The van der Waals surface area contributed by atoms with Crippen LogP contribution in [0.1, 0.15) is 21.7 Å². The lowest BCUT2D eigenvalue weighted by Crippen LogP contribution is -2.17. The van der Waals surface area contributed by atoms with E-state index in [-0.39, 0.29) is 5.76 Å². The maximum atomic E-state index is 12.2. The minimum absolute atomic E-state index is 0.241. The van der Waals surface area contributed by atoms with Gasteiger partial charge in [-0.15, -0.1) is 0 Å². The summed E-state index contributed by atoms with van der Waals surface area (Å²) < 4.78 is 5.57.